The Labute approximate surface area is 96.8 Å². The lowest BCUT2D eigenvalue weighted by Gasteiger charge is -2.03. The molecule has 1 rings (SSSR count). The van der Waals surface area contributed by atoms with Crippen LogP contribution >= 0.6 is 22.6 Å². The summed E-state index contributed by atoms with van der Waals surface area (Å²) in [4.78, 5) is 0.275. The zero-order valence-corrected chi connectivity index (χ0v) is 10.2. The topological polar surface area (TPSA) is 57.9 Å². The van der Waals surface area contributed by atoms with Crippen LogP contribution in [0.5, 0.6) is 0 Å². The van der Waals surface area contributed by atoms with E-state index in [0.717, 1.165) is 0 Å². The molecular weight excluding hydrogens is 313 g/mol. The SMILES string of the molecule is N#C[C@@H](I)CS(=O)(=O)c1ccccc1. The van der Waals surface area contributed by atoms with Crippen molar-refractivity contribution in [3.8, 4) is 6.07 Å². The van der Waals surface area contributed by atoms with E-state index >= 15 is 0 Å². The van der Waals surface area contributed by atoms with Crippen molar-refractivity contribution in [3.63, 3.8) is 0 Å². The molecule has 0 spiro atoms. The summed E-state index contributed by atoms with van der Waals surface area (Å²) in [7, 11) is -3.30. The van der Waals surface area contributed by atoms with Gasteiger partial charge in [-0.25, -0.2) is 8.42 Å². The predicted octanol–water partition coefficient (Wildman–Crippen LogP) is 1.79. The number of halogens is 1. The fourth-order valence-electron chi connectivity index (χ4n) is 0.954. The molecule has 0 aliphatic heterocycles. The summed E-state index contributed by atoms with van der Waals surface area (Å²) in [5.74, 6) is -0.131. The maximum atomic E-state index is 11.6. The largest absolute Gasteiger partial charge is 0.224 e. The lowest BCUT2D eigenvalue weighted by Crippen LogP contribution is -2.14. The monoisotopic (exact) mass is 321 g/mol. The van der Waals surface area contributed by atoms with Crippen LogP contribution in [-0.2, 0) is 9.84 Å². The number of benzene rings is 1. The van der Waals surface area contributed by atoms with Crippen LogP contribution in [0.25, 0.3) is 0 Å². The Bertz CT molecular complexity index is 436. The van der Waals surface area contributed by atoms with Gasteiger partial charge in [0.15, 0.2) is 9.84 Å². The van der Waals surface area contributed by atoms with Crippen molar-refractivity contribution in [2.24, 2.45) is 0 Å². The van der Waals surface area contributed by atoms with E-state index in [4.69, 9.17) is 5.26 Å². The average molecular weight is 321 g/mol. The summed E-state index contributed by atoms with van der Waals surface area (Å²) < 4.78 is 22.8. The first-order chi connectivity index (χ1) is 6.56. The summed E-state index contributed by atoms with van der Waals surface area (Å²) >= 11 is 1.82. The first kappa shape index (κ1) is 11.5. The molecule has 3 nitrogen and oxygen atoms in total. The Morgan fingerprint density at radius 3 is 2.43 bits per heavy atom. The van der Waals surface area contributed by atoms with E-state index in [-0.39, 0.29) is 10.6 Å². The molecular formula is C9H8INO2S. The van der Waals surface area contributed by atoms with E-state index in [1.54, 1.807) is 18.2 Å². The van der Waals surface area contributed by atoms with Gasteiger partial charge in [0.25, 0.3) is 0 Å². The molecule has 74 valence electrons. The Morgan fingerprint density at radius 2 is 1.93 bits per heavy atom. The Morgan fingerprint density at radius 1 is 1.36 bits per heavy atom. The Kier molecular flexibility index (Phi) is 3.89. The summed E-state index contributed by atoms with van der Waals surface area (Å²) in [5, 5.41) is 8.52. The molecule has 0 saturated heterocycles. The lowest BCUT2D eigenvalue weighted by atomic mass is 10.4. The summed E-state index contributed by atoms with van der Waals surface area (Å²) in [6.45, 7) is 0. The Hall–Kier alpha value is -0.610. The van der Waals surface area contributed by atoms with Crippen LogP contribution in [0.2, 0.25) is 0 Å². The minimum absolute atomic E-state index is 0.131. The molecule has 0 N–H and O–H groups in total. The molecule has 5 heteroatoms. The first-order valence-corrected chi connectivity index (χ1v) is 6.77. The molecule has 0 radical (unpaired) electrons. The van der Waals surface area contributed by atoms with E-state index < -0.39 is 13.8 Å². The lowest BCUT2D eigenvalue weighted by molar-refractivity contribution is 0.596. The number of alkyl halides is 1. The molecule has 0 unspecified atom stereocenters. The van der Waals surface area contributed by atoms with Crippen molar-refractivity contribution < 1.29 is 8.42 Å². The molecule has 0 amide bonds. The molecule has 0 aliphatic rings. The summed E-state index contributed by atoms with van der Waals surface area (Å²) in [6.07, 6.45) is 0. The van der Waals surface area contributed by atoms with Crippen LogP contribution in [-0.4, -0.2) is 18.1 Å². The van der Waals surface area contributed by atoms with Gasteiger partial charge in [0.2, 0.25) is 0 Å². The van der Waals surface area contributed by atoms with Crippen LogP contribution in [0.15, 0.2) is 35.2 Å². The molecule has 0 fully saturated rings. The standard InChI is InChI=1S/C9H8INO2S/c10-8(6-11)7-14(12,13)9-4-2-1-3-5-9/h1-5,8H,7H2/t8-/m1/s1. The van der Waals surface area contributed by atoms with Crippen molar-refractivity contribution in [2.75, 3.05) is 5.75 Å². The molecule has 0 saturated carbocycles. The van der Waals surface area contributed by atoms with E-state index in [2.05, 4.69) is 0 Å². The summed E-state index contributed by atoms with van der Waals surface area (Å²) in [5.41, 5.74) is 0. The quantitative estimate of drug-likeness (QED) is 0.630. The molecule has 1 atom stereocenters. The van der Waals surface area contributed by atoms with Gasteiger partial charge in [0, 0.05) is 0 Å². The second-order valence-corrected chi connectivity index (χ2v) is 6.23. The molecule has 14 heavy (non-hydrogen) atoms. The van der Waals surface area contributed by atoms with E-state index in [1.165, 1.54) is 12.1 Å². The number of nitrogens with zero attached hydrogens (tertiary/aromatic N) is 1. The second-order valence-electron chi connectivity index (χ2n) is 2.69. The van der Waals surface area contributed by atoms with Crippen LogP contribution in [0.1, 0.15) is 0 Å². The highest BCUT2D eigenvalue weighted by Crippen LogP contribution is 2.13. The number of rotatable bonds is 3. The van der Waals surface area contributed by atoms with Gasteiger partial charge in [0.05, 0.1) is 16.7 Å². The van der Waals surface area contributed by atoms with Crippen LogP contribution in [0, 0.1) is 11.3 Å². The molecule has 0 heterocycles. The first-order valence-electron chi connectivity index (χ1n) is 3.88. The zero-order chi connectivity index (χ0) is 10.6. The van der Waals surface area contributed by atoms with E-state index in [1.807, 2.05) is 28.7 Å². The van der Waals surface area contributed by atoms with E-state index in [0.29, 0.717) is 0 Å². The van der Waals surface area contributed by atoms with Gasteiger partial charge in [-0.15, -0.1) is 0 Å². The smallest absolute Gasteiger partial charge is 0.180 e. The predicted molar refractivity (Wildman–Crippen MR) is 61.9 cm³/mol. The van der Waals surface area contributed by atoms with Crippen molar-refractivity contribution in [1.82, 2.24) is 0 Å². The highest BCUT2D eigenvalue weighted by atomic mass is 127. The fraction of sp³-hybridized carbons (Fsp3) is 0.222. The van der Waals surface area contributed by atoms with Gasteiger partial charge in [0.1, 0.15) is 3.92 Å². The Balaban J connectivity index is 2.94. The van der Waals surface area contributed by atoms with Crippen molar-refractivity contribution in [2.45, 2.75) is 8.82 Å². The molecule has 1 aromatic rings. The molecule has 1 aromatic carbocycles. The fourth-order valence-corrected chi connectivity index (χ4v) is 3.60. The number of hydrogen-bond donors (Lipinski definition) is 0. The number of sulfone groups is 1. The molecule has 0 bridgehead atoms. The van der Waals surface area contributed by atoms with Gasteiger partial charge in [-0.05, 0) is 12.1 Å². The van der Waals surface area contributed by atoms with Gasteiger partial charge in [-0.2, -0.15) is 5.26 Å². The third-order valence-corrected chi connectivity index (χ3v) is 4.69. The highest BCUT2D eigenvalue weighted by molar-refractivity contribution is 14.1. The molecule has 0 aliphatic carbocycles. The van der Waals surface area contributed by atoms with Gasteiger partial charge in [-0.1, -0.05) is 40.8 Å². The minimum Gasteiger partial charge on any atom is -0.224 e. The highest BCUT2D eigenvalue weighted by Gasteiger charge is 2.18. The van der Waals surface area contributed by atoms with Crippen LogP contribution in [0.3, 0.4) is 0 Å². The number of nitriles is 1. The van der Waals surface area contributed by atoms with Crippen LogP contribution in [0.4, 0.5) is 0 Å². The maximum absolute atomic E-state index is 11.6. The van der Waals surface area contributed by atoms with Crippen LogP contribution < -0.4 is 0 Å². The number of hydrogen-bond acceptors (Lipinski definition) is 3. The average Bonchev–Trinajstić information content (AvgIpc) is 2.18. The third-order valence-electron chi connectivity index (χ3n) is 1.61. The second kappa shape index (κ2) is 4.75. The van der Waals surface area contributed by atoms with Crippen molar-refractivity contribution in [3.05, 3.63) is 30.3 Å². The maximum Gasteiger partial charge on any atom is 0.180 e. The van der Waals surface area contributed by atoms with Gasteiger partial charge in [-0.3, -0.25) is 0 Å². The zero-order valence-electron chi connectivity index (χ0n) is 7.22. The van der Waals surface area contributed by atoms with Gasteiger partial charge >= 0.3 is 0 Å². The normalized spacial score (nSPS) is 13.1. The third kappa shape index (κ3) is 2.96. The summed E-state index contributed by atoms with van der Waals surface area (Å²) in [6, 6.07) is 10.1. The molecule has 0 aromatic heterocycles. The minimum atomic E-state index is -3.30. The van der Waals surface area contributed by atoms with Crippen molar-refractivity contribution >= 4 is 32.4 Å². The van der Waals surface area contributed by atoms with Gasteiger partial charge < -0.3 is 0 Å². The van der Waals surface area contributed by atoms with Crippen molar-refractivity contribution in [1.29, 1.82) is 5.26 Å². The van der Waals surface area contributed by atoms with E-state index in [9.17, 15) is 8.42 Å².